The number of nitrogens with one attached hydrogen (secondary N) is 1. The second kappa shape index (κ2) is 9.11. The monoisotopic (exact) mass is 262 g/mol. The van der Waals surface area contributed by atoms with Crippen LogP contribution in [0.5, 0.6) is 0 Å². The van der Waals surface area contributed by atoms with Gasteiger partial charge in [0.15, 0.2) is 0 Å². The minimum atomic E-state index is 0.691. The Morgan fingerprint density at radius 3 is 2.26 bits per heavy atom. The Morgan fingerprint density at radius 2 is 1.68 bits per heavy atom. The molecule has 0 saturated heterocycles. The molecular weight excluding hydrogens is 232 g/mol. The van der Waals surface area contributed by atoms with E-state index < -0.39 is 0 Å². The Labute approximate surface area is 119 Å². The molecule has 108 valence electrons. The van der Waals surface area contributed by atoms with E-state index in [0.717, 1.165) is 19.6 Å². The van der Waals surface area contributed by atoms with E-state index in [1.807, 2.05) is 0 Å². The van der Waals surface area contributed by atoms with E-state index in [2.05, 4.69) is 62.3 Å². The summed E-state index contributed by atoms with van der Waals surface area (Å²) in [5.41, 5.74) is 2.90. The molecule has 0 unspecified atom stereocenters. The van der Waals surface area contributed by atoms with E-state index in [1.54, 1.807) is 0 Å². The van der Waals surface area contributed by atoms with Crippen LogP contribution in [0.15, 0.2) is 24.3 Å². The van der Waals surface area contributed by atoms with Crippen molar-refractivity contribution in [1.82, 2.24) is 10.2 Å². The predicted molar refractivity (Wildman–Crippen MR) is 84.3 cm³/mol. The van der Waals surface area contributed by atoms with Gasteiger partial charge in [-0.2, -0.15) is 0 Å². The van der Waals surface area contributed by atoms with E-state index in [9.17, 15) is 0 Å². The first kappa shape index (κ1) is 16.2. The number of benzene rings is 1. The fourth-order valence-electron chi connectivity index (χ4n) is 2.59. The zero-order valence-electron chi connectivity index (χ0n) is 13.1. The number of hydrogen-bond donors (Lipinski definition) is 1. The summed E-state index contributed by atoms with van der Waals surface area (Å²) in [5, 5.41) is 3.50. The highest BCUT2D eigenvalue weighted by atomic mass is 15.1. The minimum absolute atomic E-state index is 0.691. The fourth-order valence-corrected chi connectivity index (χ4v) is 2.59. The Bertz CT molecular complexity index is 345. The molecule has 2 heteroatoms. The van der Waals surface area contributed by atoms with Crippen LogP contribution in [0.3, 0.4) is 0 Å². The molecule has 0 saturated carbocycles. The van der Waals surface area contributed by atoms with Crippen LogP contribution < -0.4 is 5.32 Å². The quantitative estimate of drug-likeness (QED) is 0.681. The molecule has 2 nitrogen and oxygen atoms in total. The average Bonchev–Trinajstić information content (AvgIpc) is 2.42. The van der Waals surface area contributed by atoms with Crippen molar-refractivity contribution < 1.29 is 0 Å². The molecule has 19 heavy (non-hydrogen) atoms. The van der Waals surface area contributed by atoms with Crippen LogP contribution in [-0.2, 0) is 13.1 Å². The fraction of sp³-hybridized carbons (Fsp3) is 0.647. The maximum atomic E-state index is 3.50. The van der Waals surface area contributed by atoms with Gasteiger partial charge in [-0.1, -0.05) is 45.0 Å². The highest BCUT2D eigenvalue weighted by Gasteiger charge is 2.12. The summed E-state index contributed by atoms with van der Waals surface area (Å²) in [4.78, 5) is 2.48. The number of rotatable bonds is 9. The maximum absolute atomic E-state index is 3.50. The third-order valence-electron chi connectivity index (χ3n) is 3.85. The van der Waals surface area contributed by atoms with Crippen LogP contribution in [0.2, 0.25) is 0 Å². The first-order chi connectivity index (χ1) is 9.22. The molecule has 1 aromatic rings. The Hall–Kier alpha value is -0.860. The molecule has 0 aliphatic rings. The van der Waals surface area contributed by atoms with Crippen LogP contribution in [-0.4, -0.2) is 24.5 Å². The van der Waals surface area contributed by atoms with E-state index in [-0.39, 0.29) is 0 Å². The van der Waals surface area contributed by atoms with Gasteiger partial charge in [-0.3, -0.25) is 4.90 Å². The highest BCUT2D eigenvalue weighted by Crippen LogP contribution is 2.15. The van der Waals surface area contributed by atoms with Gasteiger partial charge in [0.1, 0.15) is 0 Å². The lowest BCUT2D eigenvalue weighted by Crippen LogP contribution is -2.30. The van der Waals surface area contributed by atoms with Crippen molar-refractivity contribution in [3.8, 4) is 0 Å². The third-order valence-corrected chi connectivity index (χ3v) is 3.85. The molecule has 1 N–H and O–H groups in total. The lowest BCUT2D eigenvalue weighted by molar-refractivity contribution is 0.221. The molecule has 0 fully saturated rings. The van der Waals surface area contributed by atoms with Crippen LogP contribution in [0, 0.1) is 0 Å². The van der Waals surface area contributed by atoms with Crippen molar-refractivity contribution in [2.24, 2.45) is 0 Å². The molecule has 0 atom stereocenters. The maximum Gasteiger partial charge on any atom is 0.0236 e. The van der Waals surface area contributed by atoms with Crippen LogP contribution in [0.4, 0.5) is 0 Å². The molecule has 0 aromatic heterocycles. The summed E-state index contributed by atoms with van der Waals surface area (Å²) >= 11 is 0. The van der Waals surface area contributed by atoms with Crippen molar-refractivity contribution in [2.75, 3.05) is 13.6 Å². The van der Waals surface area contributed by atoms with E-state index >= 15 is 0 Å². The summed E-state index contributed by atoms with van der Waals surface area (Å²) in [5.74, 6) is 0. The molecular formula is C17H30N2. The highest BCUT2D eigenvalue weighted by molar-refractivity contribution is 5.27. The standard InChI is InChI=1S/C17H30N2/c1-5-12-18-13-15-10-8-9-11-16(15)14-19(4)17(6-2)7-3/h8-11,17-18H,5-7,12-14H2,1-4H3. The van der Waals surface area contributed by atoms with Gasteiger partial charge >= 0.3 is 0 Å². The van der Waals surface area contributed by atoms with Crippen LogP contribution >= 0.6 is 0 Å². The van der Waals surface area contributed by atoms with Crippen molar-refractivity contribution in [3.63, 3.8) is 0 Å². The van der Waals surface area contributed by atoms with E-state index in [4.69, 9.17) is 0 Å². The number of hydrogen-bond acceptors (Lipinski definition) is 2. The second-order valence-electron chi connectivity index (χ2n) is 5.33. The molecule has 1 rings (SSSR count). The summed E-state index contributed by atoms with van der Waals surface area (Å²) in [6.45, 7) is 9.90. The molecule has 0 spiro atoms. The Kier molecular flexibility index (Phi) is 7.76. The van der Waals surface area contributed by atoms with Crippen molar-refractivity contribution >= 4 is 0 Å². The van der Waals surface area contributed by atoms with Crippen LogP contribution in [0.1, 0.15) is 51.2 Å². The summed E-state index contributed by atoms with van der Waals surface area (Å²) < 4.78 is 0. The summed E-state index contributed by atoms with van der Waals surface area (Å²) in [6.07, 6.45) is 3.64. The van der Waals surface area contributed by atoms with E-state index in [1.165, 1.54) is 30.4 Å². The number of nitrogens with zero attached hydrogens (tertiary/aromatic N) is 1. The van der Waals surface area contributed by atoms with Crippen molar-refractivity contribution in [3.05, 3.63) is 35.4 Å². The molecule has 0 aliphatic carbocycles. The smallest absolute Gasteiger partial charge is 0.0236 e. The van der Waals surface area contributed by atoms with Crippen LogP contribution in [0.25, 0.3) is 0 Å². The largest absolute Gasteiger partial charge is 0.313 e. The van der Waals surface area contributed by atoms with Gasteiger partial charge in [-0.15, -0.1) is 0 Å². The molecule has 0 aliphatic heterocycles. The SMILES string of the molecule is CCCNCc1ccccc1CN(C)C(CC)CC. The summed E-state index contributed by atoms with van der Waals surface area (Å²) in [6, 6.07) is 9.50. The van der Waals surface area contributed by atoms with Gasteiger partial charge in [0.25, 0.3) is 0 Å². The first-order valence-electron chi connectivity index (χ1n) is 7.70. The lowest BCUT2D eigenvalue weighted by atomic mass is 10.0. The molecule has 1 aromatic carbocycles. The topological polar surface area (TPSA) is 15.3 Å². The Balaban J connectivity index is 2.66. The van der Waals surface area contributed by atoms with Gasteiger partial charge in [0.2, 0.25) is 0 Å². The summed E-state index contributed by atoms with van der Waals surface area (Å²) in [7, 11) is 2.24. The zero-order valence-corrected chi connectivity index (χ0v) is 13.1. The third kappa shape index (κ3) is 5.33. The molecule has 0 radical (unpaired) electrons. The minimum Gasteiger partial charge on any atom is -0.313 e. The van der Waals surface area contributed by atoms with E-state index in [0.29, 0.717) is 6.04 Å². The van der Waals surface area contributed by atoms with Gasteiger partial charge in [-0.25, -0.2) is 0 Å². The first-order valence-corrected chi connectivity index (χ1v) is 7.70. The van der Waals surface area contributed by atoms with Gasteiger partial charge in [0.05, 0.1) is 0 Å². The Morgan fingerprint density at radius 1 is 1.05 bits per heavy atom. The average molecular weight is 262 g/mol. The second-order valence-corrected chi connectivity index (χ2v) is 5.33. The van der Waals surface area contributed by atoms with Gasteiger partial charge in [0, 0.05) is 19.1 Å². The van der Waals surface area contributed by atoms with Gasteiger partial charge in [-0.05, 0) is 44.0 Å². The van der Waals surface area contributed by atoms with Crippen molar-refractivity contribution in [2.45, 2.75) is 59.2 Å². The lowest BCUT2D eigenvalue weighted by Gasteiger charge is -2.27. The molecule has 0 amide bonds. The van der Waals surface area contributed by atoms with Crippen molar-refractivity contribution in [1.29, 1.82) is 0 Å². The normalized spacial score (nSPS) is 11.5. The molecule has 0 bridgehead atoms. The molecule has 0 heterocycles. The van der Waals surface area contributed by atoms with Gasteiger partial charge < -0.3 is 5.32 Å². The zero-order chi connectivity index (χ0) is 14.1. The predicted octanol–water partition coefficient (Wildman–Crippen LogP) is 3.81.